The molecule has 1 N–H and O–H groups in total. The molecule has 2 aromatic rings. The minimum Gasteiger partial charge on any atom is -0.323 e. The van der Waals surface area contributed by atoms with Crippen LogP contribution in [0.3, 0.4) is 0 Å². The summed E-state index contributed by atoms with van der Waals surface area (Å²) in [5.74, 6) is -0.443. The second-order valence-electron chi connectivity index (χ2n) is 7.69. The molecule has 0 saturated carbocycles. The van der Waals surface area contributed by atoms with Gasteiger partial charge in [-0.15, -0.1) is 0 Å². The third kappa shape index (κ3) is 4.31. The van der Waals surface area contributed by atoms with Crippen LogP contribution in [0.4, 0.5) is 15.8 Å². The number of nitrogens with one attached hydrogen (secondary N) is 1. The van der Waals surface area contributed by atoms with Crippen LogP contribution in [0.2, 0.25) is 0 Å². The lowest BCUT2D eigenvalue weighted by atomic mass is 10.1. The van der Waals surface area contributed by atoms with Gasteiger partial charge in [-0.1, -0.05) is 30.3 Å². The maximum atomic E-state index is 13.9. The Morgan fingerprint density at radius 2 is 1.90 bits per heavy atom. The van der Waals surface area contributed by atoms with Crippen molar-refractivity contribution in [3.05, 3.63) is 59.9 Å². The van der Waals surface area contributed by atoms with Crippen molar-refractivity contribution in [3.8, 4) is 0 Å². The molecule has 0 aliphatic carbocycles. The van der Waals surface area contributed by atoms with Crippen LogP contribution in [-0.4, -0.2) is 60.4 Å². The van der Waals surface area contributed by atoms with Gasteiger partial charge in [-0.25, -0.2) is 4.39 Å². The normalized spacial score (nSPS) is 20.3. The third-order valence-electron chi connectivity index (χ3n) is 5.61. The van der Waals surface area contributed by atoms with E-state index in [1.54, 1.807) is 17.0 Å². The molecular weight excluding hydrogens is 371 g/mol. The molecule has 6 nitrogen and oxygen atoms in total. The first-order valence-corrected chi connectivity index (χ1v) is 9.90. The molecule has 152 valence electrons. The highest BCUT2D eigenvalue weighted by Gasteiger charge is 2.31. The maximum Gasteiger partial charge on any atom is 0.244 e. The number of carbonyl (C=O) groups is 2. The predicted octanol–water partition coefficient (Wildman–Crippen LogP) is 2.32. The van der Waals surface area contributed by atoms with Crippen LogP contribution < -0.4 is 10.2 Å². The van der Waals surface area contributed by atoms with Crippen molar-refractivity contribution in [2.75, 3.05) is 42.9 Å². The first-order valence-electron chi connectivity index (χ1n) is 9.90. The summed E-state index contributed by atoms with van der Waals surface area (Å²) in [6, 6.07) is 14.4. The molecule has 7 heteroatoms. The zero-order valence-electron chi connectivity index (χ0n) is 16.5. The van der Waals surface area contributed by atoms with Crippen LogP contribution in [0.1, 0.15) is 12.5 Å². The summed E-state index contributed by atoms with van der Waals surface area (Å²) >= 11 is 0. The van der Waals surface area contributed by atoms with Gasteiger partial charge in [0, 0.05) is 37.8 Å². The zero-order chi connectivity index (χ0) is 20.4. The molecule has 2 aromatic carbocycles. The van der Waals surface area contributed by atoms with Crippen LogP contribution in [0.25, 0.3) is 0 Å². The molecule has 2 amide bonds. The Labute approximate surface area is 169 Å². The molecule has 0 spiro atoms. The van der Waals surface area contributed by atoms with Crippen molar-refractivity contribution in [2.24, 2.45) is 0 Å². The number of carbonyl (C=O) groups excluding carboxylic acids is 2. The minimum absolute atomic E-state index is 0.0392. The standard InChI is InChI=1S/C22H25FN4O2/c1-16-12-25(13-17-6-2-3-7-18(17)23)10-11-26(16)15-22(29)27-14-21(28)24-19-8-4-5-9-20(19)27/h2-9,16H,10-15H2,1H3,(H,24,28)/t16-/m1/s1. The minimum atomic E-state index is -0.181. The highest BCUT2D eigenvalue weighted by molar-refractivity contribution is 6.10. The van der Waals surface area contributed by atoms with Crippen molar-refractivity contribution in [3.63, 3.8) is 0 Å². The Kier molecular flexibility index (Phi) is 5.60. The summed E-state index contributed by atoms with van der Waals surface area (Å²) in [6.07, 6.45) is 0. The number of anilines is 2. The number of hydrogen-bond acceptors (Lipinski definition) is 4. The Balaban J connectivity index is 1.38. The van der Waals surface area contributed by atoms with Crippen molar-refractivity contribution < 1.29 is 14.0 Å². The lowest BCUT2D eigenvalue weighted by molar-refractivity contribution is -0.123. The number of benzene rings is 2. The molecule has 2 aliphatic rings. The SMILES string of the molecule is C[C@@H]1CN(Cc2ccccc2F)CCN1CC(=O)N1CC(=O)Nc2ccccc21. The molecule has 1 saturated heterocycles. The van der Waals surface area contributed by atoms with Gasteiger partial charge >= 0.3 is 0 Å². The van der Waals surface area contributed by atoms with Gasteiger partial charge in [0.2, 0.25) is 11.8 Å². The van der Waals surface area contributed by atoms with Gasteiger partial charge in [0.15, 0.2) is 0 Å². The van der Waals surface area contributed by atoms with Crippen molar-refractivity contribution in [1.82, 2.24) is 9.80 Å². The molecule has 2 heterocycles. The lowest BCUT2D eigenvalue weighted by Gasteiger charge is -2.40. The summed E-state index contributed by atoms with van der Waals surface area (Å²) in [5.41, 5.74) is 2.10. The molecule has 0 radical (unpaired) electrons. The Hall–Kier alpha value is -2.77. The number of para-hydroxylation sites is 2. The van der Waals surface area contributed by atoms with E-state index in [9.17, 15) is 14.0 Å². The monoisotopic (exact) mass is 396 g/mol. The molecule has 4 rings (SSSR count). The maximum absolute atomic E-state index is 13.9. The molecule has 1 fully saturated rings. The zero-order valence-corrected chi connectivity index (χ0v) is 16.5. The van der Waals surface area contributed by atoms with Crippen LogP contribution in [0.15, 0.2) is 48.5 Å². The molecule has 29 heavy (non-hydrogen) atoms. The number of rotatable bonds is 4. The quantitative estimate of drug-likeness (QED) is 0.862. The van der Waals surface area contributed by atoms with Gasteiger partial charge in [-0.3, -0.25) is 24.3 Å². The molecule has 2 aliphatic heterocycles. The fourth-order valence-corrected chi connectivity index (χ4v) is 4.03. The second kappa shape index (κ2) is 8.31. The van der Waals surface area contributed by atoms with Gasteiger partial charge in [-0.05, 0) is 25.1 Å². The van der Waals surface area contributed by atoms with Crippen LogP contribution in [0, 0.1) is 5.82 Å². The summed E-state index contributed by atoms with van der Waals surface area (Å²) in [6.45, 7) is 5.20. The second-order valence-corrected chi connectivity index (χ2v) is 7.69. The highest BCUT2D eigenvalue weighted by atomic mass is 19.1. The number of fused-ring (bicyclic) bond motifs is 1. The number of halogens is 1. The largest absolute Gasteiger partial charge is 0.323 e. The highest BCUT2D eigenvalue weighted by Crippen LogP contribution is 2.29. The number of piperazine rings is 1. The van der Waals surface area contributed by atoms with Crippen LogP contribution >= 0.6 is 0 Å². The van der Waals surface area contributed by atoms with E-state index in [0.717, 1.165) is 25.3 Å². The van der Waals surface area contributed by atoms with E-state index in [-0.39, 0.29) is 36.8 Å². The van der Waals surface area contributed by atoms with Crippen molar-refractivity contribution in [1.29, 1.82) is 0 Å². The smallest absolute Gasteiger partial charge is 0.244 e. The lowest BCUT2D eigenvalue weighted by Crippen LogP contribution is -2.55. The Morgan fingerprint density at radius 1 is 1.14 bits per heavy atom. The van der Waals surface area contributed by atoms with Gasteiger partial charge in [0.25, 0.3) is 0 Å². The molecule has 0 unspecified atom stereocenters. The van der Waals surface area contributed by atoms with Gasteiger partial charge in [0.1, 0.15) is 12.4 Å². The molecular formula is C22H25FN4O2. The Bertz CT molecular complexity index is 919. The van der Waals surface area contributed by atoms with E-state index in [2.05, 4.69) is 22.0 Å². The number of amides is 2. The van der Waals surface area contributed by atoms with Gasteiger partial charge < -0.3 is 5.32 Å². The van der Waals surface area contributed by atoms with Gasteiger partial charge in [0.05, 0.1) is 17.9 Å². The summed E-state index contributed by atoms with van der Waals surface area (Å²) in [5, 5.41) is 2.81. The average Bonchev–Trinajstić information content (AvgIpc) is 2.71. The van der Waals surface area contributed by atoms with Crippen molar-refractivity contribution in [2.45, 2.75) is 19.5 Å². The topological polar surface area (TPSA) is 55.9 Å². The van der Waals surface area contributed by atoms with E-state index >= 15 is 0 Å². The molecule has 0 aromatic heterocycles. The predicted molar refractivity (Wildman–Crippen MR) is 110 cm³/mol. The molecule has 0 bridgehead atoms. The van der Waals surface area contributed by atoms with E-state index < -0.39 is 0 Å². The third-order valence-corrected chi connectivity index (χ3v) is 5.61. The number of nitrogens with zero attached hydrogens (tertiary/aromatic N) is 3. The van der Waals surface area contributed by atoms with Crippen LogP contribution in [0.5, 0.6) is 0 Å². The van der Waals surface area contributed by atoms with E-state index in [4.69, 9.17) is 0 Å². The fraction of sp³-hybridized carbons (Fsp3) is 0.364. The molecule has 1 atom stereocenters. The first kappa shape index (κ1) is 19.5. The average molecular weight is 396 g/mol. The number of hydrogen-bond donors (Lipinski definition) is 1. The van der Waals surface area contributed by atoms with Gasteiger partial charge in [-0.2, -0.15) is 0 Å². The van der Waals surface area contributed by atoms with Crippen molar-refractivity contribution >= 4 is 23.2 Å². The van der Waals surface area contributed by atoms with E-state index in [1.807, 2.05) is 30.3 Å². The van der Waals surface area contributed by atoms with E-state index in [0.29, 0.717) is 17.8 Å². The first-order chi connectivity index (χ1) is 14.0. The summed E-state index contributed by atoms with van der Waals surface area (Å²) < 4.78 is 13.9. The fourth-order valence-electron chi connectivity index (χ4n) is 4.03. The summed E-state index contributed by atoms with van der Waals surface area (Å²) in [7, 11) is 0. The van der Waals surface area contributed by atoms with E-state index in [1.165, 1.54) is 6.07 Å². The summed E-state index contributed by atoms with van der Waals surface area (Å²) in [4.78, 5) is 30.9. The Morgan fingerprint density at radius 3 is 2.69 bits per heavy atom. The van der Waals surface area contributed by atoms with Crippen LogP contribution in [-0.2, 0) is 16.1 Å².